The summed E-state index contributed by atoms with van der Waals surface area (Å²) in [6.45, 7) is 8.45. The molecule has 20 heavy (non-hydrogen) atoms. The highest BCUT2D eigenvalue weighted by molar-refractivity contribution is 8.00. The monoisotopic (exact) mass is 297 g/mol. The minimum atomic E-state index is -0.451. The van der Waals surface area contributed by atoms with Crippen LogP contribution in [0.25, 0.3) is 0 Å². The van der Waals surface area contributed by atoms with Gasteiger partial charge in [0.25, 0.3) is 0 Å². The SMILES string of the molecule is CC(Sc1nnc2n1CCCCC2)C(=O)OC(C)(C)C. The molecule has 6 heteroatoms. The zero-order valence-electron chi connectivity index (χ0n) is 12.7. The maximum atomic E-state index is 12.0. The second kappa shape index (κ2) is 6.16. The van der Waals surface area contributed by atoms with Gasteiger partial charge in [-0.05, 0) is 40.5 Å². The molecule has 1 aliphatic heterocycles. The van der Waals surface area contributed by atoms with Crippen LogP contribution in [0.15, 0.2) is 5.16 Å². The van der Waals surface area contributed by atoms with Crippen molar-refractivity contribution in [1.82, 2.24) is 14.8 Å². The summed E-state index contributed by atoms with van der Waals surface area (Å²) in [5.74, 6) is 0.842. The Labute approximate surface area is 124 Å². The van der Waals surface area contributed by atoms with Gasteiger partial charge in [0.1, 0.15) is 16.7 Å². The quantitative estimate of drug-likeness (QED) is 0.634. The molecule has 1 atom stereocenters. The van der Waals surface area contributed by atoms with Gasteiger partial charge in [-0.25, -0.2) is 0 Å². The number of fused-ring (bicyclic) bond motifs is 1. The average molecular weight is 297 g/mol. The fourth-order valence-corrected chi connectivity index (χ4v) is 3.01. The lowest BCUT2D eigenvalue weighted by molar-refractivity contribution is -0.153. The van der Waals surface area contributed by atoms with Crippen molar-refractivity contribution in [2.75, 3.05) is 0 Å². The Morgan fingerprint density at radius 2 is 2.05 bits per heavy atom. The van der Waals surface area contributed by atoms with Gasteiger partial charge < -0.3 is 9.30 Å². The Bertz CT molecular complexity index is 479. The summed E-state index contributed by atoms with van der Waals surface area (Å²) in [6, 6.07) is 0. The Balaban J connectivity index is 2.03. The minimum Gasteiger partial charge on any atom is -0.459 e. The van der Waals surface area contributed by atoms with Crippen molar-refractivity contribution in [3.8, 4) is 0 Å². The summed E-state index contributed by atoms with van der Waals surface area (Å²) in [4.78, 5) is 12.0. The van der Waals surface area contributed by atoms with Crippen LogP contribution in [0.4, 0.5) is 0 Å². The predicted octanol–water partition coefficient (Wildman–Crippen LogP) is 2.83. The molecule has 0 N–H and O–H groups in total. The molecule has 0 saturated heterocycles. The molecule has 1 aromatic heterocycles. The number of carbonyl (C=O) groups is 1. The van der Waals surface area contributed by atoms with Crippen LogP contribution in [0.3, 0.4) is 0 Å². The number of hydrogen-bond donors (Lipinski definition) is 0. The van der Waals surface area contributed by atoms with E-state index in [1.54, 1.807) is 0 Å². The number of esters is 1. The summed E-state index contributed by atoms with van der Waals surface area (Å²) >= 11 is 1.44. The molecule has 112 valence electrons. The molecule has 0 aliphatic carbocycles. The van der Waals surface area contributed by atoms with Crippen LogP contribution in [0, 0.1) is 0 Å². The highest BCUT2D eigenvalue weighted by Gasteiger charge is 2.25. The van der Waals surface area contributed by atoms with Crippen LogP contribution >= 0.6 is 11.8 Å². The highest BCUT2D eigenvalue weighted by atomic mass is 32.2. The van der Waals surface area contributed by atoms with Gasteiger partial charge in [0, 0.05) is 13.0 Å². The number of thioether (sulfide) groups is 1. The Morgan fingerprint density at radius 1 is 1.30 bits per heavy atom. The van der Waals surface area contributed by atoms with Crippen molar-refractivity contribution >= 4 is 17.7 Å². The van der Waals surface area contributed by atoms with Gasteiger partial charge >= 0.3 is 5.97 Å². The van der Waals surface area contributed by atoms with Gasteiger partial charge in [-0.1, -0.05) is 18.2 Å². The van der Waals surface area contributed by atoms with Crippen LogP contribution in [0.1, 0.15) is 52.8 Å². The molecule has 1 unspecified atom stereocenters. The molecular formula is C14H23N3O2S. The van der Waals surface area contributed by atoms with E-state index >= 15 is 0 Å². The standard InChI is InChI=1S/C14H23N3O2S/c1-10(12(18)19-14(2,3)4)20-13-16-15-11-8-6-5-7-9-17(11)13/h10H,5-9H2,1-4H3. The predicted molar refractivity (Wildman–Crippen MR) is 78.7 cm³/mol. The van der Waals surface area contributed by atoms with E-state index in [9.17, 15) is 4.79 Å². The van der Waals surface area contributed by atoms with Crippen molar-refractivity contribution in [2.24, 2.45) is 0 Å². The lowest BCUT2D eigenvalue weighted by Crippen LogP contribution is -2.29. The van der Waals surface area contributed by atoms with Crippen LogP contribution < -0.4 is 0 Å². The van der Waals surface area contributed by atoms with Crippen molar-refractivity contribution in [1.29, 1.82) is 0 Å². The van der Waals surface area contributed by atoms with E-state index in [1.807, 2.05) is 27.7 Å². The second-order valence-corrected chi connectivity index (χ2v) is 7.46. The summed E-state index contributed by atoms with van der Waals surface area (Å²) < 4.78 is 7.55. The third-order valence-electron chi connectivity index (χ3n) is 3.10. The van der Waals surface area contributed by atoms with Crippen molar-refractivity contribution in [3.63, 3.8) is 0 Å². The zero-order chi connectivity index (χ0) is 14.8. The largest absolute Gasteiger partial charge is 0.459 e. The smallest absolute Gasteiger partial charge is 0.319 e. The molecule has 0 amide bonds. The van der Waals surface area contributed by atoms with E-state index in [0.717, 1.165) is 30.4 Å². The van der Waals surface area contributed by atoms with Crippen molar-refractivity contribution in [3.05, 3.63) is 5.82 Å². The number of carbonyl (C=O) groups excluding carboxylic acids is 1. The maximum Gasteiger partial charge on any atom is 0.319 e. The molecular weight excluding hydrogens is 274 g/mol. The first-order valence-electron chi connectivity index (χ1n) is 7.18. The van der Waals surface area contributed by atoms with Crippen molar-refractivity contribution in [2.45, 2.75) is 75.9 Å². The first kappa shape index (κ1) is 15.4. The first-order valence-corrected chi connectivity index (χ1v) is 8.06. The highest BCUT2D eigenvalue weighted by Crippen LogP contribution is 2.26. The molecule has 0 aromatic carbocycles. The molecule has 0 saturated carbocycles. The fourth-order valence-electron chi connectivity index (χ4n) is 2.14. The summed E-state index contributed by atoms with van der Waals surface area (Å²) in [7, 11) is 0. The Morgan fingerprint density at radius 3 is 2.75 bits per heavy atom. The first-order chi connectivity index (χ1) is 9.37. The van der Waals surface area contributed by atoms with E-state index in [0.29, 0.717) is 0 Å². The van der Waals surface area contributed by atoms with Crippen molar-refractivity contribution < 1.29 is 9.53 Å². The summed E-state index contributed by atoms with van der Waals surface area (Å²) in [6.07, 6.45) is 4.54. The molecule has 0 spiro atoms. The van der Waals surface area contributed by atoms with E-state index in [4.69, 9.17) is 4.74 Å². The third-order valence-corrected chi connectivity index (χ3v) is 4.16. The van der Waals surface area contributed by atoms with Gasteiger partial charge in [-0.2, -0.15) is 0 Å². The van der Waals surface area contributed by atoms with Crippen LogP contribution in [-0.2, 0) is 22.5 Å². The summed E-state index contributed by atoms with van der Waals surface area (Å²) in [5.41, 5.74) is -0.451. The van der Waals surface area contributed by atoms with Gasteiger partial charge in [-0.3, -0.25) is 4.79 Å². The lowest BCUT2D eigenvalue weighted by Gasteiger charge is -2.21. The number of hydrogen-bond acceptors (Lipinski definition) is 5. The zero-order valence-corrected chi connectivity index (χ0v) is 13.5. The van der Waals surface area contributed by atoms with Gasteiger partial charge in [-0.15, -0.1) is 10.2 Å². The fraction of sp³-hybridized carbons (Fsp3) is 0.786. The molecule has 1 aliphatic rings. The molecule has 2 rings (SSSR count). The molecule has 5 nitrogen and oxygen atoms in total. The van der Waals surface area contributed by atoms with E-state index in [1.165, 1.54) is 24.6 Å². The van der Waals surface area contributed by atoms with E-state index in [-0.39, 0.29) is 11.2 Å². The molecule has 0 fully saturated rings. The lowest BCUT2D eigenvalue weighted by atomic mass is 10.2. The van der Waals surface area contributed by atoms with E-state index < -0.39 is 5.60 Å². The number of aryl methyl sites for hydroxylation is 1. The maximum absolute atomic E-state index is 12.0. The van der Waals surface area contributed by atoms with Crippen LogP contribution in [-0.4, -0.2) is 31.6 Å². The van der Waals surface area contributed by atoms with Crippen LogP contribution in [0.2, 0.25) is 0 Å². The van der Waals surface area contributed by atoms with Gasteiger partial charge in [0.2, 0.25) is 0 Å². The molecule has 0 bridgehead atoms. The summed E-state index contributed by atoms with van der Waals surface area (Å²) in [5, 5.41) is 9.03. The van der Waals surface area contributed by atoms with Crippen LogP contribution in [0.5, 0.6) is 0 Å². The third kappa shape index (κ3) is 3.98. The Hall–Kier alpha value is -1.04. The average Bonchev–Trinajstić information content (AvgIpc) is 2.58. The molecule has 1 aromatic rings. The van der Waals surface area contributed by atoms with Gasteiger partial charge in [0.15, 0.2) is 5.16 Å². The minimum absolute atomic E-state index is 0.200. The topological polar surface area (TPSA) is 57.0 Å². The molecule has 0 radical (unpaired) electrons. The van der Waals surface area contributed by atoms with E-state index in [2.05, 4.69) is 14.8 Å². The number of ether oxygens (including phenoxy) is 1. The number of rotatable bonds is 3. The Kier molecular flexibility index (Phi) is 4.73. The number of aromatic nitrogens is 3. The normalized spacial score (nSPS) is 17.2. The second-order valence-electron chi connectivity index (χ2n) is 6.15. The van der Waals surface area contributed by atoms with Gasteiger partial charge in [0.05, 0.1) is 0 Å². The molecule has 2 heterocycles. The number of nitrogens with zero attached hydrogens (tertiary/aromatic N) is 3.